The highest BCUT2D eigenvalue weighted by atomic mass is 19.1. The fraction of sp³-hybridized carbons (Fsp3) is 0.316. The van der Waals surface area contributed by atoms with Gasteiger partial charge in [-0.15, -0.1) is 0 Å². The summed E-state index contributed by atoms with van der Waals surface area (Å²) in [5.74, 6) is 0.244. The zero-order chi connectivity index (χ0) is 18.5. The molecule has 2 atom stereocenters. The summed E-state index contributed by atoms with van der Waals surface area (Å²) in [6.07, 6.45) is 8.13. The number of hydrogen-bond acceptors (Lipinski definition) is 3. The minimum atomic E-state index is -0.346. The number of carbonyl (C=O) groups is 2. The monoisotopic (exact) mass is 356 g/mol. The second-order valence-electron chi connectivity index (χ2n) is 6.31. The van der Waals surface area contributed by atoms with Crippen molar-refractivity contribution in [1.29, 1.82) is 0 Å². The van der Waals surface area contributed by atoms with E-state index in [0.717, 1.165) is 5.56 Å². The molecule has 1 saturated heterocycles. The Hall–Kier alpha value is -2.96. The van der Waals surface area contributed by atoms with Gasteiger partial charge in [0.05, 0.1) is 6.04 Å². The molecular weight excluding hydrogens is 335 g/mol. The van der Waals surface area contributed by atoms with Crippen molar-refractivity contribution in [1.82, 2.24) is 20.2 Å². The molecule has 0 bridgehead atoms. The Labute approximate surface area is 151 Å². The average Bonchev–Trinajstić information content (AvgIpc) is 3.04. The standard InChI is InChI=1S/C19H21FN4O2/c1-24-12-11-21-19(24)18-15(9-10-17(26)23-18)22-16(25)4-2-3-13-5-7-14(20)8-6-13/h2-3,5-8,11-12,15,18H,4,9-10H2,1H3,(H,22,25)(H,23,26)/b3-2+/t15-,18-/m1/s1. The van der Waals surface area contributed by atoms with E-state index >= 15 is 0 Å². The van der Waals surface area contributed by atoms with E-state index in [1.165, 1.54) is 12.1 Å². The van der Waals surface area contributed by atoms with Gasteiger partial charge in [-0.05, 0) is 24.1 Å². The number of hydrogen-bond donors (Lipinski definition) is 2. The molecule has 0 spiro atoms. The quantitative estimate of drug-likeness (QED) is 0.861. The summed E-state index contributed by atoms with van der Waals surface area (Å²) in [5.41, 5.74) is 0.829. The van der Waals surface area contributed by atoms with E-state index in [2.05, 4.69) is 15.6 Å². The van der Waals surface area contributed by atoms with E-state index in [9.17, 15) is 14.0 Å². The van der Waals surface area contributed by atoms with Gasteiger partial charge in [-0.1, -0.05) is 24.3 Å². The van der Waals surface area contributed by atoms with Crippen molar-refractivity contribution in [3.63, 3.8) is 0 Å². The highest BCUT2D eigenvalue weighted by Crippen LogP contribution is 2.22. The summed E-state index contributed by atoms with van der Waals surface area (Å²) in [4.78, 5) is 28.3. The molecule has 0 saturated carbocycles. The molecule has 1 aliphatic rings. The molecule has 136 valence electrons. The molecule has 26 heavy (non-hydrogen) atoms. The molecule has 2 heterocycles. The van der Waals surface area contributed by atoms with Crippen molar-refractivity contribution < 1.29 is 14.0 Å². The molecular formula is C19H21FN4O2. The molecule has 1 fully saturated rings. The number of imidazole rings is 1. The summed E-state index contributed by atoms with van der Waals surface area (Å²) in [7, 11) is 1.85. The molecule has 3 rings (SSSR count). The van der Waals surface area contributed by atoms with Crippen LogP contribution in [0.3, 0.4) is 0 Å². The zero-order valence-electron chi connectivity index (χ0n) is 14.5. The van der Waals surface area contributed by atoms with E-state index in [1.54, 1.807) is 36.7 Å². The normalized spacial score (nSPS) is 20.2. The van der Waals surface area contributed by atoms with Crippen LogP contribution in [0.15, 0.2) is 42.7 Å². The van der Waals surface area contributed by atoms with Crippen molar-refractivity contribution in [3.05, 3.63) is 59.9 Å². The maximum Gasteiger partial charge on any atom is 0.224 e. The average molecular weight is 356 g/mol. The smallest absolute Gasteiger partial charge is 0.224 e. The number of aromatic nitrogens is 2. The largest absolute Gasteiger partial charge is 0.351 e. The van der Waals surface area contributed by atoms with Crippen molar-refractivity contribution in [2.24, 2.45) is 7.05 Å². The Morgan fingerprint density at radius 2 is 2.19 bits per heavy atom. The summed E-state index contributed by atoms with van der Waals surface area (Å²) in [6, 6.07) is 5.50. The second-order valence-corrected chi connectivity index (χ2v) is 6.31. The number of piperidine rings is 1. The summed E-state index contributed by atoms with van der Waals surface area (Å²) in [6.45, 7) is 0. The van der Waals surface area contributed by atoms with Crippen LogP contribution in [0, 0.1) is 5.82 Å². The maximum atomic E-state index is 12.9. The third kappa shape index (κ3) is 4.36. The number of carbonyl (C=O) groups excluding carboxylic acids is 2. The van der Waals surface area contributed by atoms with Crippen LogP contribution in [0.2, 0.25) is 0 Å². The predicted octanol–water partition coefficient (Wildman–Crippen LogP) is 2.10. The molecule has 1 aromatic carbocycles. The number of amides is 2. The zero-order valence-corrected chi connectivity index (χ0v) is 14.5. The predicted molar refractivity (Wildman–Crippen MR) is 95.3 cm³/mol. The summed E-state index contributed by atoms with van der Waals surface area (Å²) in [5, 5.41) is 5.89. The minimum Gasteiger partial charge on any atom is -0.351 e. The second kappa shape index (κ2) is 7.95. The molecule has 2 aromatic rings. The number of nitrogens with one attached hydrogen (secondary N) is 2. The van der Waals surface area contributed by atoms with E-state index in [4.69, 9.17) is 0 Å². The fourth-order valence-electron chi connectivity index (χ4n) is 3.02. The SMILES string of the molecule is Cn1ccnc1[C@@H]1NC(=O)CC[C@H]1NC(=O)C/C=C/c1ccc(F)cc1. The topological polar surface area (TPSA) is 76.0 Å². The first-order chi connectivity index (χ1) is 12.5. The van der Waals surface area contributed by atoms with Gasteiger partial charge in [-0.3, -0.25) is 9.59 Å². The van der Waals surface area contributed by atoms with Crippen LogP contribution in [-0.4, -0.2) is 27.4 Å². The number of nitrogens with zero attached hydrogens (tertiary/aromatic N) is 2. The van der Waals surface area contributed by atoms with Gasteiger partial charge >= 0.3 is 0 Å². The Bertz CT molecular complexity index is 813. The van der Waals surface area contributed by atoms with Gasteiger partial charge in [-0.2, -0.15) is 0 Å². The minimum absolute atomic E-state index is 0.0419. The van der Waals surface area contributed by atoms with Gasteiger partial charge in [0.1, 0.15) is 17.7 Å². The van der Waals surface area contributed by atoms with E-state index in [-0.39, 0.29) is 36.1 Å². The van der Waals surface area contributed by atoms with Crippen LogP contribution in [0.25, 0.3) is 6.08 Å². The lowest BCUT2D eigenvalue weighted by atomic mass is 9.97. The third-order valence-corrected chi connectivity index (χ3v) is 4.37. The van der Waals surface area contributed by atoms with E-state index in [1.807, 2.05) is 11.6 Å². The first-order valence-corrected chi connectivity index (χ1v) is 8.51. The van der Waals surface area contributed by atoms with Crippen LogP contribution >= 0.6 is 0 Å². The fourth-order valence-corrected chi connectivity index (χ4v) is 3.02. The van der Waals surface area contributed by atoms with Gasteiger partial charge in [0.25, 0.3) is 0 Å². The van der Waals surface area contributed by atoms with Crippen molar-refractivity contribution >= 4 is 17.9 Å². The summed E-state index contributed by atoms with van der Waals surface area (Å²) < 4.78 is 14.7. The number of benzene rings is 1. The van der Waals surface area contributed by atoms with Crippen molar-refractivity contribution in [3.8, 4) is 0 Å². The Kier molecular flexibility index (Phi) is 5.46. The summed E-state index contributed by atoms with van der Waals surface area (Å²) >= 11 is 0. The van der Waals surface area contributed by atoms with Crippen LogP contribution in [0.1, 0.15) is 36.7 Å². The van der Waals surface area contributed by atoms with Crippen molar-refractivity contribution in [2.75, 3.05) is 0 Å². The molecule has 0 unspecified atom stereocenters. The van der Waals surface area contributed by atoms with E-state index in [0.29, 0.717) is 18.7 Å². The molecule has 1 aliphatic heterocycles. The molecule has 0 aliphatic carbocycles. The maximum absolute atomic E-state index is 12.9. The molecule has 2 N–H and O–H groups in total. The van der Waals surface area contributed by atoms with Gasteiger partial charge in [0.2, 0.25) is 11.8 Å². The Morgan fingerprint density at radius 3 is 2.88 bits per heavy atom. The first kappa shape index (κ1) is 17.8. The highest BCUT2D eigenvalue weighted by molar-refractivity contribution is 5.80. The van der Waals surface area contributed by atoms with Crippen LogP contribution in [0.5, 0.6) is 0 Å². The van der Waals surface area contributed by atoms with Crippen LogP contribution < -0.4 is 10.6 Å². The van der Waals surface area contributed by atoms with Crippen LogP contribution in [-0.2, 0) is 16.6 Å². The number of halogens is 1. The molecule has 1 aromatic heterocycles. The number of rotatable bonds is 5. The molecule has 2 amide bonds. The van der Waals surface area contributed by atoms with Crippen LogP contribution in [0.4, 0.5) is 4.39 Å². The lowest BCUT2D eigenvalue weighted by molar-refractivity contribution is -0.126. The van der Waals surface area contributed by atoms with Gasteiger partial charge in [0, 0.05) is 32.3 Å². The van der Waals surface area contributed by atoms with Gasteiger partial charge < -0.3 is 15.2 Å². The number of aryl methyl sites for hydroxylation is 1. The molecule has 0 radical (unpaired) electrons. The highest BCUT2D eigenvalue weighted by Gasteiger charge is 2.33. The van der Waals surface area contributed by atoms with Gasteiger partial charge in [-0.25, -0.2) is 9.37 Å². The lowest BCUT2D eigenvalue weighted by Gasteiger charge is -2.32. The van der Waals surface area contributed by atoms with E-state index < -0.39 is 0 Å². The van der Waals surface area contributed by atoms with Gasteiger partial charge in [0.15, 0.2) is 0 Å². The van der Waals surface area contributed by atoms with Crippen molar-refractivity contribution in [2.45, 2.75) is 31.3 Å². The Balaban J connectivity index is 1.60. The molecule has 7 heteroatoms. The lowest BCUT2D eigenvalue weighted by Crippen LogP contribution is -2.50. The Morgan fingerprint density at radius 1 is 1.42 bits per heavy atom. The first-order valence-electron chi connectivity index (χ1n) is 8.51. The third-order valence-electron chi connectivity index (χ3n) is 4.37. The molecule has 6 nitrogen and oxygen atoms in total.